The van der Waals surface area contributed by atoms with Gasteiger partial charge in [0.05, 0.1) is 11.4 Å². The van der Waals surface area contributed by atoms with Crippen molar-refractivity contribution in [3.05, 3.63) is 16.4 Å². The number of carbonyl (C=O) groups is 1. The monoisotopic (exact) mass is 274 g/mol. The Balaban J connectivity index is 2.56. The van der Waals surface area contributed by atoms with E-state index in [4.69, 9.17) is 11.6 Å². The van der Waals surface area contributed by atoms with Crippen LogP contribution in [0.25, 0.3) is 0 Å². The Bertz CT molecular complexity index is 403. The number of thioether (sulfide) groups is 1. The lowest BCUT2D eigenvalue weighted by atomic mass is 10.1. The third-order valence-corrected chi connectivity index (χ3v) is 4.61. The first-order valence-electron chi connectivity index (χ1n) is 5.77. The first-order chi connectivity index (χ1) is 7.95. The first kappa shape index (κ1) is 14.6. The van der Waals surface area contributed by atoms with Crippen LogP contribution >= 0.6 is 23.4 Å². The van der Waals surface area contributed by atoms with E-state index in [2.05, 4.69) is 18.9 Å². The van der Waals surface area contributed by atoms with Crippen molar-refractivity contribution in [1.82, 2.24) is 9.78 Å². The molecule has 5 heteroatoms. The van der Waals surface area contributed by atoms with Gasteiger partial charge in [0.2, 0.25) is 0 Å². The number of rotatable bonds is 6. The molecule has 1 heterocycles. The number of aromatic nitrogens is 2. The summed E-state index contributed by atoms with van der Waals surface area (Å²) in [5, 5.41) is 5.31. The number of hydrogen-bond acceptors (Lipinski definition) is 3. The van der Waals surface area contributed by atoms with E-state index in [0.717, 1.165) is 17.7 Å². The van der Waals surface area contributed by atoms with Gasteiger partial charge in [0.15, 0.2) is 0 Å². The number of halogens is 1. The molecule has 0 bridgehead atoms. The molecule has 0 aliphatic carbocycles. The molecule has 0 aromatic carbocycles. The molecule has 0 spiro atoms. The number of carbonyl (C=O) groups excluding carboxylic acids is 1. The van der Waals surface area contributed by atoms with Gasteiger partial charge in [0.1, 0.15) is 10.9 Å². The van der Waals surface area contributed by atoms with Crippen LogP contribution in [0, 0.1) is 6.92 Å². The van der Waals surface area contributed by atoms with Crippen LogP contribution in [0.1, 0.15) is 31.5 Å². The second-order valence-electron chi connectivity index (χ2n) is 4.22. The van der Waals surface area contributed by atoms with Gasteiger partial charge in [0.25, 0.3) is 0 Å². The highest BCUT2D eigenvalue weighted by atomic mass is 35.5. The molecule has 1 aromatic rings. The Morgan fingerprint density at radius 3 is 2.71 bits per heavy atom. The van der Waals surface area contributed by atoms with Gasteiger partial charge < -0.3 is 0 Å². The average Bonchev–Trinajstić information content (AvgIpc) is 2.53. The SMILES string of the molecule is CCC(C)SCC(=O)Cc1c(C)nn(C)c1Cl. The Hall–Kier alpha value is -0.480. The Kier molecular flexibility index (Phi) is 5.53. The summed E-state index contributed by atoms with van der Waals surface area (Å²) < 4.78 is 1.61. The van der Waals surface area contributed by atoms with Crippen molar-refractivity contribution < 1.29 is 4.79 Å². The lowest BCUT2D eigenvalue weighted by molar-refractivity contribution is -0.116. The zero-order valence-electron chi connectivity index (χ0n) is 10.8. The average molecular weight is 275 g/mol. The molecule has 1 aromatic heterocycles. The van der Waals surface area contributed by atoms with Crippen LogP contribution in [0.5, 0.6) is 0 Å². The molecule has 0 aliphatic rings. The molecule has 0 amide bonds. The van der Waals surface area contributed by atoms with Gasteiger partial charge in [-0.3, -0.25) is 9.48 Å². The topological polar surface area (TPSA) is 34.9 Å². The fourth-order valence-corrected chi connectivity index (χ4v) is 2.53. The minimum Gasteiger partial charge on any atom is -0.298 e. The highest BCUT2D eigenvalue weighted by Gasteiger charge is 2.15. The molecule has 3 nitrogen and oxygen atoms in total. The van der Waals surface area contributed by atoms with Crippen molar-refractivity contribution in [3.8, 4) is 0 Å². The molecule has 1 atom stereocenters. The Labute approximate surface area is 112 Å². The van der Waals surface area contributed by atoms with Crippen LogP contribution in [0.3, 0.4) is 0 Å². The standard InChI is InChI=1S/C12H19ClN2OS/c1-5-8(2)17-7-10(16)6-11-9(3)14-15(4)12(11)13/h8H,5-7H2,1-4H3. The van der Waals surface area contributed by atoms with E-state index in [1.807, 2.05) is 6.92 Å². The van der Waals surface area contributed by atoms with Gasteiger partial charge in [0, 0.05) is 24.3 Å². The van der Waals surface area contributed by atoms with Crippen molar-refractivity contribution >= 4 is 29.1 Å². The first-order valence-corrected chi connectivity index (χ1v) is 7.19. The van der Waals surface area contributed by atoms with Gasteiger partial charge in [-0.05, 0) is 13.3 Å². The highest BCUT2D eigenvalue weighted by Crippen LogP contribution is 2.21. The van der Waals surface area contributed by atoms with Gasteiger partial charge in [-0.1, -0.05) is 25.4 Å². The van der Waals surface area contributed by atoms with Crippen molar-refractivity contribution in [3.63, 3.8) is 0 Å². The summed E-state index contributed by atoms with van der Waals surface area (Å²) >= 11 is 7.79. The van der Waals surface area contributed by atoms with Crippen LogP contribution in [0.2, 0.25) is 5.15 Å². The van der Waals surface area contributed by atoms with E-state index in [-0.39, 0.29) is 5.78 Å². The second kappa shape index (κ2) is 6.45. The molecule has 17 heavy (non-hydrogen) atoms. The Morgan fingerprint density at radius 2 is 2.24 bits per heavy atom. The van der Waals surface area contributed by atoms with Crippen LogP contribution < -0.4 is 0 Å². The van der Waals surface area contributed by atoms with E-state index >= 15 is 0 Å². The summed E-state index contributed by atoms with van der Waals surface area (Å²) in [6, 6.07) is 0. The number of Topliss-reactive ketones (excluding diaryl/α,β-unsaturated/α-hetero) is 1. The summed E-state index contributed by atoms with van der Waals surface area (Å²) in [6.45, 7) is 6.15. The number of ketones is 1. The molecular weight excluding hydrogens is 256 g/mol. The van der Waals surface area contributed by atoms with Gasteiger partial charge >= 0.3 is 0 Å². The molecule has 1 rings (SSSR count). The molecule has 96 valence electrons. The number of nitrogens with zero attached hydrogens (tertiary/aromatic N) is 2. The van der Waals surface area contributed by atoms with E-state index in [1.165, 1.54) is 0 Å². The molecule has 0 N–H and O–H groups in total. The van der Waals surface area contributed by atoms with E-state index in [9.17, 15) is 4.79 Å². The van der Waals surface area contributed by atoms with Crippen LogP contribution in [0.4, 0.5) is 0 Å². The molecule has 0 fully saturated rings. The number of hydrogen-bond donors (Lipinski definition) is 0. The van der Waals surface area contributed by atoms with Crippen LogP contribution in [-0.2, 0) is 18.3 Å². The minimum atomic E-state index is 0.216. The van der Waals surface area contributed by atoms with Crippen molar-refractivity contribution in [2.24, 2.45) is 7.05 Å². The van der Waals surface area contributed by atoms with Gasteiger partial charge in [-0.15, -0.1) is 0 Å². The third kappa shape index (κ3) is 4.03. The van der Waals surface area contributed by atoms with Gasteiger partial charge in [-0.25, -0.2) is 0 Å². The van der Waals surface area contributed by atoms with E-state index < -0.39 is 0 Å². The molecule has 0 saturated heterocycles. The largest absolute Gasteiger partial charge is 0.298 e. The lowest BCUT2D eigenvalue weighted by Crippen LogP contribution is -2.09. The maximum Gasteiger partial charge on any atom is 0.147 e. The maximum atomic E-state index is 11.8. The Morgan fingerprint density at radius 1 is 1.59 bits per heavy atom. The van der Waals surface area contributed by atoms with Crippen molar-refractivity contribution in [2.75, 3.05) is 5.75 Å². The van der Waals surface area contributed by atoms with Crippen molar-refractivity contribution in [1.29, 1.82) is 0 Å². The third-order valence-electron chi connectivity index (χ3n) is 2.75. The molecule has 0 saturated carbocycles. The zero-order chi connectivity index (χ0) is 13.0. The zero-order valence-corrected chi connectivity index (χ0v) is 12.4. The predicted octanol–water partition coefficient (Wildman–Crippen LogP) is 3.03. The lowest BCUT2D eigenvalue weighted by Gasteiger charge is -2.07. The fourth-order valence-electron chi connectivity index (χ4n) is 1.48. The van der Waals surface area contributed by atoms with Crippen molar-refractivity contribution in [2.45, 2.75) is 38.9 Å². The minimum absolute atomic E-state index is 0.216. The van der Waals surface area contributed by atoms with Gasteiger partial charge in [-0.2, -0.15) is 16.9 Å². The van der Waals surface area contributed by atoms with Crippen LogP contribution in [-0.4, -0.2) is 26.6 Å². The maximum absolute atomic E-state index is 11.8. The van der Waals surface area contributed by atoms with E-state index in [0.29, 0.717) is 22.6 Å². The normalized spacial score (nSPS) is 12.8. The van der Waals surface area contributed by atoms with Crippen LogP contribution in [0.15, 0.2) is 0 Å². The summed E-state index contributed by atoms with van der Waals surface area (Å²) in [7, 11) is 1.79. The number of aryl methyl sites for hydroxylation is 2. The summed E-state index contributed by atoms with van der Waals surface area (Å²) in [5.41, 5.74) is 1.71. The molecule has 0 radical (unpaired) electrons. The smallest absolute Gasteiger partial charge is 0.147 e. The predicted molar refractivity (Wildman–Crippen MR) is 73.9 cm³/mol. The van der Waals surface area contributed by atoms with E-state index in [1.54, 1.807) is 23.5 Å². The molecule has 1 unspecified atom stereocenters. The molecule has 0 aliphatic heterocycles. The fraction of sp³-hybridized carbons (Fsp3) is 0.667. The summed E-state index contributed by atoms with van der Waals surface area (Å²) in [5.74, 6) is 0.771. The quantitative estimate of drug-likeness (QED) is 0.800. The summed E-state index contributed by atoms with van der Waals surface area (Å²) in [6.07, 6.45) is 1.48. The summed E-state index contributed by atoms with van der Waals surface area (Å²) in [4.78, 5) is 11.8. The highest BCUT2D eigenvalue weighted by molar-refractivity contribution is 8.00. The molecular formula is C12H19ClN2OS. The second-order valence-corrected chi connectivity index (χ2v) is 6.01.